The van der Waals surface area contributed by atoms with Gasteiger partial charge >= 0.3 is 0 Å². The molecule has 1 saturated heterocycles. The van der Waals surface area contributed by atoms with Crippen molar-refractivity contribution in [3.63, 3.8) is 0 Å². The van der Waals surface area contributed by atoms with Crippen molar-refractivity contribution >= 4 is 5.91 Å². The number of carbonyl (C=O) groups excluding carboxylic acids is 1. The fourth-order valence-electron chi connectivity index (χ4n) is 1.22. The molecule has 1 aliphatic heterocycles. The number of rotatable bonds is 2. The zero-order valence-corrected chi connectivity index (χ0v) is 7.17. The standard InChI is InChI=1S/C7H13NO5/c1-3(10)8-7-6(12)5(11)4(2-9)13-7/h4-7,9,11-12H,2H2,1H3,(H,8,10)/t4-,5-,6-,7?/m1/s1. The molecular weight excluding hydrogens is 178 g/mol. The van der Waals surface area contributed by atoms with Gasteiger partial charge in [-0.05, 0) is 0 Å². The third-order valence-electron chi connectivity index (χ3n) is 1.89. The number of aliphatic hydroxyl groups excluding tert-OH is 3. The van der Waals surface area contributed by atoms with E-state index >= 15 is 0 Å². The molecule has 0 aromatic rings. The van der Waals surface area contributed by atoms with Crippen LogP contribution in [0.4, 0.5) is 0 Å². The van der Waals surface area contributed by atoms with Crippen LogP contribution in [0.25, 0.3) is 0 Å². The summed E-state index contributed by atoms with van der Waals surface area (Å²) in [6.45, 7) is 0.878. The van der Waals surface area contributed by atoms with E-state index in [4.69, 9.17) is 9.84 Å². The smallest absolute Gasteiger partial charge is 0.218 e. The molecule has 13 heavy (non-hydrogen) atoms. The molecule has 1 unspecified atom stereocenters. The van der Waals surface area contributed by atoms with Crippen molar-refractivity contribution in [2.24, 2.45) is 0 Å². The van der Waals surface area contributed by atoms with Gasteiger partial charge < -0.3 is 25.4 Å². The first-order valence-electron chi connectivity index (χ1n) is 3.96. The van der Waals surface area contributed by atoms with Gasteiger partial charge in [-0.3, -0.25) is 4.79 Å². The van der Waals surface area contributed by atoms with Gasteiger partial charge in [-0.1, -0.05) is 0 Å². The Kier molecular flexibility index (Phi) is 3.21. The lowest BCUT2D eigenvalue weighted by atomic mass is 10.1. The SMILES string of the molecule is CC(=O)NC1O[C@H](CO)[C@@H](O)[C@H]1O. The van der Waals surface area contributed by atoms with Gasteiger partial charge in [-0.15, -0.1) is 0 Å². The fraction of sp³-hybridized carbons (Fsp3) is 0.857. The Hall–Kier alpha value is -0.690. The number of carbonyl (C=O) groups is 1. The minimum Gasteiger partial charge on any atom is -0.394 e. The molecule has 1 heterocycles. The van der Waals surface area contributed by atoms with Crippen molar-refractivity contribution in [2.45, 2.75) is 31.5 Å². The van der Waals surface area contributed by atoms with Crippen LogP contribution in [-0.2, 0) is 9.53 Å². The lowest BCUT2D eigenvalue weighted by molar-refractivity contribution is -0.125. The maximum Gasteiger partial charge on any atom is 0.218 e. The van der Waals surface area contributed by atoms with Gasteiger partial charge in [0.2, 0.25) is 5.91 Å². The van der Waals surface area contributed by atoms with Gasteiger partial charge in [0.15, 0.2) is 6.23 Å². The van der Waals surface area contributed by atoms with Gasteiger partial charge in [-0.2, -0.15) is 0 Å². The summed E-state index contributed by atoms with van der Waals surface area (Å²) in [6, 6.07) is 0. The molecule has 4 N–H and O–H groups in total. The maximum atomic E-state index is 10.6. The molecule has 1 amide bonds. The average molecular weight is 191 g/mol. The van der Waals surface area contributed by atoms with Crippen molar-refractivity contribution < 1.29 is 24.9 Å². The summed E-state index contributed by atoms with van der Waals surface area (Å²) >= 11 is 0. The van der Waals surface area contributed by atoms with E-state index in [1.807, 2.05) is 0 Å². The largest absolute Gasteiger partial charge is 0.394 e. The van der Waals surface area contributed by atoms with Crippen LogP contribution in [0.5, 0.6) is 0 Å². The fourth-order valence-corrected chi connectivity index (χ4v) is 1.22. The number of hydrogen-bond acceptors (Lipinski definition) is 5. The molecule has 0 bridgehead atoms. The third-order valence-corrected chi connectivity index (χ3v) is 1.89. The van der Waals surface area contributed by atoms with E-state index in [1.54, 1.807) is 0 Å². The Balaban J connectivity index is 2.55. The van der Waals surface area contributed by atoms with Crippen LogP contribution in [-0.4, -0.2) is 52.4 Å². The summed E-state index contributed by atoms with van der Waals surface area (Å²) < 4.78 is 4.96. The van der Waals surface area contributed by atoms with E-state index in [9.17, 15) is 15.0 Å². The van der Waals surface area contributed by atoms with Crippen LogP contribution >= 0.6 is 0 Å². The Morgan fingerprint density at radius 2 is 2.08 bits per heavy atom. The number of amides is 1. The van der Waals surface area contributed by atoms with Crippen molar-refractivity contribution in [3.8, 4) is 0 Å². The number of nitrogens with one attached hydrogen (secondary N) is 1. The maximum absolute atomic E-state index is 10.6. The van der Waals surface area contributed by atoms with E-state index < -0.39 is 31.1 Å². The summed E-state index contributed by atoms with van der Waals surface area (Å²) in [5.41, 5.74) is 0. The second-order valence-electron chi connectivity index (χ2n) is 2.96. The van der Waals surface area contributed by atoms with Gasteiger partial charge in [0.05, 0.1) is 6.61 Å². The summed E-state index contributed by atoms with van der Waals surface area (Å²) in [7, 11) is 0. The molecule has 0 aromatic carbocycles. The molecular formula is C7H13NO5. The molecule has 0 saturated carbocycles. The molecule has 0 spiro atoms. The quantitative estimate of drug-likeness (QED) is 0.388. The minimum atomic E-state index is -1.19. The molecule has 76 valence electrons. The van der Waals surface area contributed by atoms with Gasteiger partial charge in [0, 0.05) is 6.92 Å². The van der Waals surface area contributed by atoms with Crippen LogP contribution in [0.1, 0.15) is 6.92 Å². The first-order valence-corrected chi connectivity index (χ1v) is 3.96. The van der Waals surface area contributed by atoms with E-state index in [2.05, 4.69) is 5.32 Å². The summed E-state index contributed by atoms with van der Waals surface area (Å²) in [5, 5.41) is 29.6. The zero-order valence-electron chi connectivity index (χ0n) is 7.17. The Morgan fingerprint density at radius 1 is 1.46 bits per heavy atom. The predicted octanol–water partition coefficient (Wildman–Crippen LogP) is -2.44. The molecule has 0 radical (unpaired) electrons. The normalized spacial score (nSPS) is 39.1. The summed E-state index contributed by atoms with van der Waals surface area (Å²) in [4.78, 5) is 10.6. The molecule has 1 fully saturated rings. The van der Waals surface area contributed by atoms with E-state index in [-0.39, 0.29) is 5.91 Å². The van der Waals surface area contributed by atoms with E-state index in [0.29, 0.717) is 0 Å². The lowest BCUT2D eigenvalue weighted by Crippen LogP contribution is -2.42. The highest BCUT2D eigenvalue weighted by molar-refractivity contribution is 5.73. The number of ether oxygens (including phenoxy) is 1. The summed E-state index contributed by atoms with van der Waals surface area (Å²) in [5.74, 6) is -0.366. The van der Waals surface area contributed by atoms with Crippen LogP contribution < -0.4 is 5.32 Å². The zero-order chi connectivity index (χ0) is 10.0. The molecule has 4 atom stereocenters. The molecule has 0 aliphatic carbocycles. The molecule has 1 aliphatic rings. The highest BCUT2D eigenvalue weighted by atomic mass is 16.6. The Labute approximate surface area is 75.1 Å². The Morgan fingerprint density at radius 3 is 2.46 bits per heavy atom. The van der Waals surface area contributed by atoms with E-state index in [0.717, 1.165) is 0 Å². The van der Waals surface area contributed by atoms with Gasteiger partial charge in [0.25, 0.3) is 0 Å². The first kappa shape index (κ1) is 10.4. The van der Waals surface area contributed by atoms with Crippen LogP contribution in [0.3, 0.4) is 0 Å². The van der Waals surface area contributed by atoms with Crippen LogP contribution in [0, 0.1) is 0 Å². The van der Waals surface area contributed by atoms with Crippen molar-refractivity contribution in [1.29, 1.82) is 0 Å². The topological polar surface area (TPSA) is 99.0 Å². The Bertz CT molecular complexity index is 197. The van der Waals surface area contributed by atoms with Crippen molar-refractivity contribution in [1.82, 2.24) is 5.32 Å². The van der Waals surface area contributed by atoms with Crippen LogP contribution in [0.2, 0.25) is 0 Å². The average Bonchev–Trinajstić information content (AvgIpc) is 2.32. The second kappa shape index (κ2) is 4.01. The van der Waals surface area contributed by atoms with Gasteiger partial charge in [-0.25, -0.2) is 0 Å². The first-order chi connectivity index (χ1) is 6.06. The highest BCUT2D eigenvalue weighted by Gasteiger charge is 2.42. The van der Waals surface area contributed by atoms with Crippen LogP contribution in [0.15, 0.2) is 0 Å². The van der Waals surface area contributed by atoms with E-state index in [1.165, 1.54) is 6.92 Å². The van der Waals surface area contributed by atoms with Crippen molar-refractivity contribution in [3.05, 3.63) is 0 Å². The molecule has 1 rings (SSSR count). The molecule has 0 aromatic heterocycles. The molecule has 6 heteroatoms. The van der Waals surface area contributed by atoms with Gasteiger partial charge in [0.1, 0.15) is 18.3 Å². The second-order valence-corrected chi connectivity index (χ2v) is 2.96. The predicted molar refractivity (Wildman–Crippen MR) is 41.6 cm³/mol. The molecule has 6 nitrogen and oxygen atoms in total. The third kappa shape index (κ3) is 2.16. The number of hydrogen-bond donors (Lipinski definition) is 4. The summed E-state index contributed by atoms with van der Waals surface area (Å²) in [6.07, 6.45) is -4.14. The monoisotopic (exact) mass is 191 g/mol. The number of aliphatic hydroxyl groups is 3. The minimum absolute atomic E-state index is 0.366. The lowest BCUT2D eigenvalue weighted by Gasteiger charge is -2.14. The van der Waals surface area contributed by atoms with Crippen molar-refractivity contribution in [2.75, 3.05) is 6.61 Å². The highest BCUT2D eigenvalue weighted by Crippen LogP contribution is 2.18.